The van der Waals surface area contributed by atoms with Gasteiger partial charge in [0.2, 0.25) is 0 Å². The molecule has 0 spiro atoms. The summed E-state index contributed by atoms with van der Waals surface area (Å²) in [5, 5.41) is 13.7. The Labute approximate surface area is 130 Å². The molecular weight excluding hydrogens is 260 g/mol. The summed E-state index contributed by atoms with van der Waals surface area (Å²) in [5.41, 5.74) is 0.960. The predicted molar refractivity (Wildman–Crippen MR) is 90.4 cm³/mol. The number of rotatable bonds is 7. The monoisotopic (exact) mass is 292 g/mol. The van der Waals surface area contributed by atoms with Crippen LogP contribution in [0.4, 0.5) is 0 Å². The van der Waals surface area contributed by atoms with Crippen molar-refractivity contribution in [2.45, 2.75) is 46.2 Å². The molecule has 0 aliphatic carbocycles. The molecule has 1 atom stereocenters. The van der Waals surface area contributed by atoms with Crippen molar-refractivity contribution in [1.82, 2.24) is 10.2 Å². The zero-order chi connectivity index (χ0) is 16.1. The van der Waals surface area contributed by atoms with Gasteiger partial charge in [0, 0.05) is 19.1 Å². The number of hydrogen-bond acceptors (Lipinski definition) is 3. The van der Waals surface area contributed by atoms with Crippen LogP contribution in [0.2, 0.25) is 0 Å². The van der Waals surface area contributed by atoms with E-state index in [0.29, 0.717) is 6.04 Å². The molecule has 0 saturated heterocycles. The molecule has 3 nitrogen and oxygen atoms in total. The second kappa shape index (κ2) is 7.39. The van der Waals surface area contributed by atoms with Crippen molar-refractivity contribution in [3.8, 4) is 0 Å². The minimum atomic E-state index is -0.421. The van der Waals surface area contributed by atoms with Crippen LogP contribution >= 0.6 is 0 Å². The largest absolute Gasteiger partial charge is 0.394 e. The summed E-state index contributed by atoms with van der Waals surface area (Å²) in [5.74, 6) is 0. The van der Waals surface area contributed by atoms with Gasteiger partial charge in [-0.1, -0.05) is 51.1 Å². The van der Waals surface area contributed by atoms with Crippen LogP contribution in [0.25, 0.3) is 0 Å². The number of aliphatic hydroxyl groups excluding tert-OH is 1. The Balaban J connectivity index is 3.02. The maximum absolute atomic E-state index is 10.1. The standard InChI is InChI=1S/C18H32N2O/c1-15(2)19-18(14-21,16-10-8-7-9-11-16)13-20(6)12-17(3,4)5/h7-11,15,19,21H,12-14H2,1-6H3. The first-order valence-electron chi connectivity index (χ1n) is 7.81. The number of hydrogen-bond donors (Lipinski definition) is 2. The molecule has 21 heavy (non-hydrogen) atoms. The van der Waals surface area contributed by atoms with Gasteiger partial charge in [0.15, 0.2) is 0 Å². The highest BCUT2D eigenvalue weighted by Crippen LogP contribution is 2.24. The number of nitrogens with one attached hydrogen (secondary N) is 1. The number of nitrogens with zero attached hydrogens (tertiary/aromatic N) is 1. The predicted octanol–water partition coefficient (Wildman–Crippen LogP) is 2.85. The smallest absolute Gasteiger partial charge is 0.0799 e. The summed E-state index contributed by atoms with van der Waals surface area (Å²) in [6.45, 7) is 12.8. The Kier molecular flexibility index (Phi) is 6.39. The molecule has 0 bridgehead atoms. The summed E-state index contributed by atoms with van der Waals surface area (Å²) < 4.78 is 0. The van der Waals surface area contributed by atoms with Gasteiger partial charge in [0.1, 0.15) is 0 Å². The number of benzene rings is 1. The second-order valence-electron chi connectivity index (χ2n) is 7.64. The lowest BCUT2D eigenvalue weighted by molar-refractivity contribution is 0.0953. The number of likely N-dealkylation sites (N-methyl/N-ethyl adjacent to an activating group) is 1. The van der Waals surface area contributed by atoms with Crippen molar-refractivity contribution in [3.05, 3.63) is 35.9 Å². The zero-order valence-corrected chi connectivity index (χ0v) is 14.5. The molecule has 0 aromatic heterocycles. The van der Waals surface area contributed by atoms with Gasteiger partial charge in [0.25, 0.3) is 0 Å². The van der Waals surface area contributed by atoms with E-state index >= 15 is 0 Å². The molecule has 1 aromatic rings. The third-order valence-electron chi connectivity index (χ3n) is 3.45. The highest BCUT2D eigenvalue weighted by atomic mass is 16.3. The molecule has 0 fully saturated rings. The number of aliphatic hydroxyl groups is 1. The van der Waals surface area contributed by atoms with E-state index in [-0.39, 0.29) is 12.0 Å². The lowest BCUT2D eigenvalue weighted by Gasteiger charge is -2.40. The Hall–Kier alpha value is -0.900. The van der Waals surface area contributed by atoms with E-state index in [0.717, 1.165) is 18.7 Å². The third-order valence-corrected chi connectivity index (χ3v) is 3.45. The lowest BCUT2D eigenvalue weighted by atomic mass is 9.88. The molecule has 0 amide bonds. The van der Waals surface area contributed by atoms with Crippen LogP contribution in [0.3, 0.4) is 0 Å². The molecule has 2 N–H and O–H groups in total. The molecule has 0 saturated carbocycles. The van der Waals surface area contributed by atoms with E-state index in [2.05, 4.69) is 64.0 Å². The van der Waals surface area contributed by atoms with Gasteiger partial charge in [-0.2, -0.15) is 0 Å². The van der Waals surface area contributed by atoms with Gasteiger partial charge in [-0.15, -0.1) is 0 Å². The normalized spacial score (nSPS) is 15.5. The first kappa shape index (κ1) is 18.1. The average Bonchev–Trinajstić information content (AvgIpc) is 2.36. The Morgan fingerprint density at radius 3 is 2.10 bits per heavy atom. The van der Waals surface area contributed by atoms with E-state index in [4.69, 9.17) is 0 Å². The Bertz CT molecular complexity index is 411. The molecular formula is C18H32N2O. The second-order valence-corrected chi connectivity index (χ2v) is 7.64. The fourth-order valence-corrected chi connectivity index (χ4v) is 3.04. The van der Waals surface area contributed by atoms with Gasteiger partial charge in [-0.05, 0) is 31.9 Å². The van der Waals surface area contributed by atoms with Gasteiger partial charge in [-0.25, -0.2) is 0 Å². The van der Waals surface area contributed by atoms with E-state index in [1.54, 1.807) is 0 Å². The highest BCUT2D eigenvalue weighted by Gasteiger charge is 2.34. The van der Waals surface area contributed by atoms with Gasteiger partial charge >= 0.3 is 0 Å². The van der Waals surface area contributed by atoms with Gasteiger partial charge < -0.3 is 15.3 Å². The van der Waals surface area contributed by atoms with E-state index < -0.39 is 5.54 Å². The first-order chi connectivity index (χ1) is 9.68. The van der Waals surface area contributed by atoms with Crippen LogP contribution in [0.1, 0.15) is 40.2 Å². The minimum Gasteiger partial charge on any atom is -0.394 e. The average molecular weight is 292 g/mol. The molecule has 1 unspecified atom stereocenters. The van der Waals surface area contributed by atoms with Crippen molar-refractivity contribution in [2.75, 3.05) is 26.7 Å². The molecule has 120 valence electrons. The maximum Gasteiger partial charge on any atom is 0.0799 e. The zero-order valence-electron chi connectivity index (χ0n) is 14.5. The van der Waals surface area contributed by atoms with Crippen molar-refractivity contribution in [2.24, 2.45) is 5.41 Å². The fraction of sp³-hybridized carbons (Fsp3) is 0.667. The van der Waals surface area contributed by atoms with Crippen molar-refractivity contribution in [3.63, 3.8) is 0 Å². The third kappa shape index (κ3) is 5.77. The van der Waals surface area contributed by atoms with Crippen LogP contribution in [0.5, 0.6) is 0 Å². The highest BCUT2D eigenvalue weighted by molar-refractivity contribution is 5.25. The summed E-state index contributed by atoms with van der Waals surface area (Å²) in [6.07, 6.45) is 0. The van der Waals surface area contributed by atoms with Gasteiger partial charge in [0.05, 0.1) is 12.1 Å². The molecule has 3 heteroatoms. The van der Waals surface area contributed by atoms with E-state index in [9.17, 15) is 5.11 Å². The van der Waals surface area contributed by atoms with Crippen molar-refractivity contribution < 1.29 is 5.11 Å². The minimum absolute atomic E-state index is 0.0870. The van der Waals surface area contributed by atoms with Crippen LogP contribution in [-0.4, -0.2) is 42.8 Å². The molecule has 1 rings (SSSR count). The summed E-state index contributed by atoms with van der Waals surface area (Å²) in [4.78, 5) is 2.30. The summed E-state index contributed by atoms with van der Waals surface area (Å²) >= 11 is 0. The van der Waals surface area contributed by atoms with Crippen LogP contribution in [0, 0.1) is 5.41 Å². The first-order valence-corrected chi connectivity index (χ1v) is 7.81. The molecule has 0 heterocycles. The quantitative estimate of drug-likeness (QED) is 0.811. The topological polar surface area (TPSA) is 35.5 Å². The van der Waals surface area contributed by atoms with Gasteiger partial charge in [-0.3, -0.25) is 0 Å². The Morgan fingerprint density at radius 1 is 1.10 bits per heavy atom. The summed E-state index contributed by atoms with van der Waals surface area (Å²) in [6, 6.07) is 10.6. The lowest BCUT2D eigenvalue weighted by Crippen LogP contribution is -2.56. The molecule has 1 aromatic carbocycles. The molecule has 0 aliphatic heterocycles. The van der Waals surface area contributed by atoms with Crippen molar-refractivity contribution in [1.29, 1.82) is 0 Å². The van der Waals surface area contributed by atoms with E-state index in [1.165, 1.54) is 0 Å². The van der Waals surface area contributed by atoms with Crippen LogP contribution < -0.4 is 5.32 Å². The van der Waals surface area contributed by atoms with Crippen LogP contribution in [-0.2, 0) is 5.54 Å². The fourth-order valence-electron chi connectivity index (χ4n) is 3.04. The SMILES string of the molecule is CC(C)NC(CO)(CN(C)CC(C)(C)C)c1ccccc1. The van der Waals surface area contributed by atoms with Crippen LogP contribution in [0.15, 0.2) is 30.3 Å². The summed E-state index contributed by atoms with van der Waals surface area (Å²) in [7, 11) is 2.13. The molecule has 0 radical (unpaired) electrons. The molecule has 0 aliphatic rings. The Morgan fingerprint density at radius 2 is 1.67 bits per heavy atom. The van der Waals surface area contributed by atoms with E-state index in [1.807, 2.05) is 18.2 Å². The van der Waals surface area contributed by atoms with Crippen molar-refractivity contribution >= 4 is 0 Å². The maximum atomic E-state index is 10.1.